The van der Waals surface area contributed by atoms with E-state index < -0.39 is 0 Å². The summed E-state index contributed by atoms with van der Waals surface area (Å²) in [5.41, 5.74) is 7.12. The fraction of sp³-hybridized carbons (Fsp3) is 0.250. The predicted octanol–water partition coefficient (Wildman–Crippen LogP) is 4.41. The molecule has 0 aliphatic carbocycles. The Morgan fingerprint density at radius 1 is 0.769 bits per heavy atom. The smallest absolute Gasteiger partial charge is 0.160 e. The monoisotopic (exact) mass is 392 g/mol. The maximum atomic E-state index is 10.9. The van der Waals surface area contributed by atoms with Crippen molar-refractivity contribution in [3.63, 3.8) is 0 Å². The minimum Gasteiger partial charge on any atom is -0.696 e. The molecule has 138 valence electrons. The third kappa shape index (κ3) is 6.81. The first-order chi connectivity index (χ1) is 12.6. The molecule has 2 aromatic rings. The molecule has 2 N–H and O–H groups in total. The summed E-state index contributed by atoms with van der Waals surface area (Å²) in [5, 5.41) is 29.1. The number of rotatable bonds is 9. The van der Waals surface area contributed by atoms with Crippen LogP contribution in [0.3, 0.4) is 0 Å². The number of nitrogens with zero attached hydrogens (tertiary/aromatic N) is 4. The van der Waals surface area contributed by atoms with Crippen LogP contribution in [0.5, 0.6) is 0 Å². The van der Waals surface area contributed by atoms with Crippen molar-refractivity contribution in [3.05, 3.63) is 58.9 Å². The summed E-state index contributed by atoms with van der Waals surface area (Å²) in [6, 6.07) is 15.4. The van der Waals surface area contributed by atoms with Gasteiger partial charge < -0.3 is 10.4 Å². The molecular weight excluding hydrogens is 372 g/mol. The van der Waals surface area contributed by atoms with Crippen molar-refractivity contribution in [1.29, 1.82) is 0 Å². The fourth-order valence-corrected chi connectivity index (χ4v) is 3.92. The van der Waals surface area contributed by atoms with E-state index in [0.717, 1.165) is 32.7 Å². The maximum Gasteiger partial charge on any atom is 0.160 e. The number of para-hydroxylation sites is 2. The number of hydrogen-bond acceptors (Lipinski definition) is 6. The van der Waals surface area contributed by atoms with Crippen molar-refractivity contribution < 1.29 is 9.72 Å². The summed E-state index contributed by atoms with van der Waals surface area (Å²) in [4.78, 5) is 3.00. The van der Waals surface area contributed by atoms with Crippen LogP contribution in [0, 0.1) is 10.4 Å². The van der Waals surface area contributed by atoms with E-state index >= 15 is 0 Å². The van der Waals surface area contributed by atoms with E-state index in [-0.39, 0.29) is 0 Å². The molecule has 0 heterocycles. The highest BCUT2D eigenvalue weighted by atomic mass is 32.2. The first-order valence-electron chi connectivity index (χ1n) is 7.75. The van der Waals surface area contributed by atoms with Crippen molar-refractivity contribution in [2.45, 2.75) is 9.79 Å². The Labute approximate surface area is 160 Å². The highest BCUT2D eigenvalue weighted by Crippen LogP contribution is 2.31. The van der Waals surface area contributed by atoms with Gasteiger partial charge in [0, 0.05) is 11.5 Å². The molecule has 0 aliphatic heterocycles. The summed E-state index contributed by atoms with van der Waals surface area (Å²) in [6.07, 6.45) is 0. The van der Waals surface area contributed by atoms with Gasteiger partial charge in [-0.25, -0.2) is 0 Å². The van der Waals surface area contributed by atoms with E-state index in [2.05, 4.69) is 21.3 Å². The molecule has 0 spiro atoms. The topological polar surface area (TPSA) is 101 Å². The van der Waals surface area contributed by atoms with E-state index in [1.807, 2.05) is 48.5 Å². The lowest BCUT2D eigenvalue weighted by molar-refractivity contribution is -0.497. The normalized spacial score (nSPS) is 12.1. The van der Waals surface area contributed by atoms with Crippen LogP contribution < -0.4 is 10.9 Å². The van der Waals surface area contributed by atoms with Gasteiger partial charge in [0.1, 0.15) is 14.1 Å². The highest BCUT2D eigenvalue weighted by molar-refractivity contribution is 8.03. The lowest BCUT2D eigenvalue weighted by atomic mass is 10.3. The second-order valence-corrected chi connectivity index (χ2v) is 7.31. The van der Waals surface area contributed by atoms with E-state index in [0.29, 0.717) is 9.72 Å². The summed E-state index contributed by atoms with van der Waals surface area (Å²) >= 11 is 3.35. The molecule has 0 saturated carbocycles. The number of hydroxylamine groups is 2. The van der Waals surface area contributed by atoms with Crippen molar-refractivity contribution >= 4 is 34.9 Å². The van der Waals surface area contributed by atoms with Crippen molar-refractivity contribution in [2.24, 2.45) is 10.4 Å². The third-order valence-electron chi connectivity index (χ3n) is 3.00. The largest absolute Gasteiger partial charge is 0.696 e. The Balaban J connectivity index is 1.90. The summed E-state index contributed by atoms with van der Waals surface area (Å²) in [6.45, 7) is 0. The van der Waals surface area contributed by atoms with Crippen LogP contribution in [-0.4, -0.2) is 35.3 Å². The molecule has 26 heavy (non-hydrogen) atoms. The van der Waals surface area contributed by atoms with E-state index in [1.165, 1.54) is 14.1 Å². The Bertz CT molecular complexity index is 711. The van der Waals surface area contributed by atoms with Crippen molar-refractivity contribution in [2.75, 3.05) is 36.5 Å². The second-order valence-electron chi connectivity index (χ2n) is 5.04. The van der Waals surface area contributed by atoms with Crippen molar-refractivity contribution in [1.82, 2.24) is 0 Å². The van der Waals surface area contributed by atoms with Crippen LogP contribution in [0.15, 0.2) is 68.8 Å². The summed E-state index contributed by atoms with van der Waals surface area (Å²) < 4.78 is 0. The van der Waals surface area contributed by atoms with E-state index in [1.54, 1.807) is 23.5 Å². The Morgan fingerprint density at radius 2 is 1.15 bits per heavy atom. The van der Waals surface area contributed by atoms with Gasteiger partial charge in [-0.2, -0.15) is 9.72 Å². The molecule has 2 aromatic carbocycles. The molecule has 0 unspecified atom stereocenters. The molecule has 2 rings (SSSR count). The minimum atomic E-state index is 0.478. The van der Waals surface area contributed by atoms with E-state index in [9.17, 15) is 10.4 Å². The molecular formula is C16H20N6O2S2. The van der Waals surface area contributed by atoms with Gasteiger partial charge >= 0.3 is 0 Å². The zero-order valence-corrected chi connectivity index (χ0v) is 16.1. The number of anilines is 2. The van der Waals surface area contributed by atoms with Gasteiger partial charge in [-0.15, -0.1) is 34.4 Å². The van der Waals surface area contributed by atoms with Crippen LogP contribution >= 0.6 is 23.5 Å². The van der Waals surface area contributed by atoms with Crippen LogP contribution in [-0.2, 0) is 0 Å². The van der Waals surface area contributed by atoms with Gasteiger partial charge in [0.15, 0.2) is 11.4 Å². The van der Waals surface area contributed by atoms with Crippen LogP contribution in [0.1, 0.15) is 0 Å². The number of thioether (sulfide) groups is 2. The molecule has 0 saturated heterocycles. The lowest BCUT2D eigenvalue weighted by Gasteiger charge is -2.07. The fourth-order valence-electron chi connectivity index (χ4n) is 1.92. The Kier molecular flexibility index (Phi) is 8.03. The standard InChI is InChI=1S/C16H20N6O2S2/c1-21(23)19-17-13-7-3-5-9-15(13)25-11-12-26-16-10-6-4-8-14(16)18-20-22(2)24/h3-10,17-18H,11-12H2,1-2H3. The Morgan fingerprint density at radius 3 is 1.54 bits per heavy atom. The number of benzene rings is 2. The molecule has 0 radical (unpaired) electrons. The zero-order valence-electron chi connectivity index (χ0n) is 14.5. The van der Waals surface area contributed by atoms with Crippen molar-refractivity contribution in [3.8, 4) is 0 Å². The zero-order chi connectivity index (χ0) is 18.8. The van der Waals surface area contributed by atoms with Gasteiger partial charge in [-0.1, -0.05) is 24.3 Å². The van der Waals surface area contributed by atoms with Gasteiger partial charge in [-0.05, 0) is 24.3 Å². The molecule has 0 aliphatic rings. The predicted molar refractivity (Wildman–Crippen MR) is 106 cm³/mol. The van der Waals surface area contributed by atoms with Gasteiger partial charge in [-0.3, -0.25) is 0 Å². The van der Waals surface area contributed by atoms with Crippen LogP contribution in [0.4, 0.5) is 11.4 Å². The first kappa shape index (κ1) is 19.9. The quantitative estimate of drug-likeness (QED) is 0.215. The lowest BCUT2D eigenvalue weighted by Crippen LogP contribution is -1.99. The highest BCUT2D eigenvalue weighted by Gasteiger charge is 2.08. The van der Waals surface area contributed by atoms with Gasteiger partial charge in [0.2, 0.25) is 0 Å². The van der Waals surface area contributed by atoms with E-state index in [4.69, 9.17) is 0 Å². The molecule has 0 amide bonds. The molecule has 0 atom stereocenters. The molecule has 8 nitrogen and oxygen atoms in total. The second kappa shape index (κ2) is 10.5. The van der Waals surface area contributed by atoms with Crippen LogP contribution in [0.25, 0.3) is 0 Å². The molecule has 0 fully saturated rings. The number of nitrogens with one attached hydrogen (secondary N) is 2. The number of hydrogen-bond donors (Lipinski definition) is 2. The van der Waals surface area contributed by atoms with Gasteiger partial charge in [0.25, 0.3) is 0 Å². The maximum absolute atomic E-state index is 10.9. The molecule has 0 aromatic heterocycles. The summed E-state index contributed by atoms with van der Waals surface area (Å²) in [5.74, 6) is 1.73. The third-order valence-corrected chi connectivity index (χ3v) is 5.40. The van der Waals surface area contributed by atoms with Gasteiger partial charge in [0.05, 0.1) is 20.2 Å². The molecule has 10 heteroatoms. The minimum absolute atomic E-state index is 0.478. The Hall–Kier alpha value is -2.46. The van der Waals surface area contributed by atoms with Crippen LogP contribution in [0.2, 0.25) is 0 Å². The average molecular weight is 393 g/mol. The summed E-state index contributed by atoms with van der Waals surface area (Å²) in [7, 11) is 2.64. The first-order valence-corrected chi connectivity index (χ1v) is 9.72. The average Bonchev–Trinajstić information content (AvgIpc) is 2.63. The molecule has 0 bridgehead atoms. The SMILES string of the molecule is C[N+]([O-])=NNc1ccccc1SCCSc1ccccc1NN=[N+](C)[O-].